The molecule has 1 amide bonds. The molecule has 2 aromatic carbocycles. The molecular weight excluding hydrogens is 418 g/mol. The number of nitrogens with one attached hydrogen (secondary N) is 1. The fraction of sp³-hybridized carbons (Fsp3) is 0.519. The van der Waals surface area contributed by atoms with Gasteiger partial charge in [0.2, 0.25) is 0 Å². The zero-order valence-corrected chi connectivity index (χ0v) is 21.0. The van der Waals surface area contributed by atoms with Crippen LogP contribution >= 0.6 is 0 Å². The van der Waals surface area contributed by atoms with E-state index in [1.807, 2.05) is 52.8 Å². The van der Waals surface area contributed by atoms with Crippen molar-refractivity contribution < 1.29 is 24.6 Å². The number of benzene rings is 2. The highest BCUT2D eigenvalue weighted by atomic mass is 16.5. The number of carbonyl (C=O) groups is 1. The maximum Gasteiger partial charge on any atom is 0.281 e. The maximum absolute atomic E-state index is 11.3. The molecule has 0 heterocycles. The Labute approximate surface area is 197 Å². The van der Waals surface area contributed by atoms with E-state index in [9.17, 15) is 9.90 Å². The first kappa shape index (κ1) is 26.7. The summed E-state index contributed by atoms with van der Waals surface area (Å²) < 4.78 is 11.5. The molecule has 6 nitrogen and oxygen atoms in total. The predicted octanol–water partition coefficient (Wildman–Crippen LogP) is 5.08. The molecule has 0 bridgehead atoms. The van der Waals surface area contributed by atoms with E-state index in [1.54, 1.807) is 5.48 Å². The molecule has 182 valence electrons. The third kappa shape index (κ3) is 6.27. The molecule has 0 aliphatic carbocycles. The number of rotatable bonds is 10. The zero-order valence-electron chi connectivity index (χ0n) is 21.0. The summed E-state index contributed by atoms with van der Waals surface area (Å²) in [6.07, 6.45) is 1.28. The number of carbonyl (C=O) groups excluding carboxylic acids is 1. The second kappa shape index (κ2) is 11.0. The molecule has 33 heavy (non-hydrogen) atoms. The third-order valence-corrected chi connectivity index (χ3v) is 6.54. The topological polar surface area (TPSA) is 88.0 Å². The summed E-state index contributed by atoms with van der Waals surface area (Å²) >= 11 is 0. The lowest BCUT2D eigenvalue weighted by molar-refractivity contribution is -0.131. The van der Waals surface area contributed by atoms with Gasteiger partial charge in [0.05, 0.1) is 6.10 Å². The number of aliphatic hydroxyl groups excluding tert-OH is 1. The van der Waals surface area contributed by atoms with E-state index >= 15 is 0 Å². The molecule has 6 heteroatoms. The quantitative estimate of drug-likeness (QED) is 0.342. The average molecular weight is 458 g/mol. The molecule has 2 aromatic rings. The van der Waals surface area contributed by atoms with Crippen LogP contribution in [0.1, 0.15) is 69.7 Å². The minimum atomic E-state index is -0.595. The van der Waals surface area contributed by atoms with Crippen molar-refractivity contribution in [2.45, 2.75) is 72.8 Å². The predicted molar refractivity (Wildman–Crippen MR) is 130 cm³/mol. The number of aliphatic hydroxyl groups is 1. The molecule has 0 radical (unpaired) electrons. The van der Waals surface area contributed by atoms with Crippen LogP contribution < -0.4 is 15.0 Å². The van der Waals surface area contributed by atoms with Gasteiger partial charge in [-0.2, -0.15) is 0 Å². The second-order valence-corrected chi connectivity index (χ2v) is 9.77. The van der Waals surface area contributed by atoms with Crippen molar-refractivity contribution in [3.05, 3.63) is 58.7 Å². The molecule has 1 atom stereocenters. The van der Waals surface area contributed by atoms with E-state index in [-0.39, 0.29) is 24.0 Å². The number of hydroxylamine groups is 1. The van der Waals surface area contributed by atoms with Crippen molar-refractivity contribution in [1.29, 1.82) is 0 Å². The fourth-order valence-corrected chi connectivity index (χ4v) is 4.05. The van der Waals surface area contributed by atoms with Gasteiger partial charge in [-0.25, -0.2) is 5.48 Å². The minimum absolute atomic E-state index is 0.181. The van der Waals surface area contributed by atoms with E-state index in [0.29, 0.717) is 5.75 Å². The van der Waals surface area contributed by atoms with E-state index in [4.69, 9.17) is 14.7 Å². The van der Waals surface area contributed by atoms with Gasteiger partial charge in [-0.3, -0.25) is 10.0 Å². The summed E-state index contributed by atoms with van der Waals surface area (Å²) in [4.78, 5) is 11.3. The Hall–Kier alpha value is -2.57. The molecule has 0 spiro atoms. The molecule has 0 unspecified atom stereocenters. The zero-order chi connectivity index (χ0) is 24.8. The number of amides is 1. The highest BCUT2D eigenvalue weighted by Gasteiger charge is 2.32. The number of hydrogen-bond acceptors (Lipinski definition) is 5. The Morgan fingerprint density at radius 3 is 1.82 bits per heavy atom. The van der Waals surface area contributed by atoms with Crippen LogP contribution in [0.25, 0.3) is 0 Å². The van der Waals surface area contributed by atoms with E-state index < -0.39 is 12.0 Å². The van der Waals surface area contributed by atoms with Gasteiger partial charge in [0, 0.05) is 5.41 Å². The number of hydrogen-bond donors (Lipinski definition) is 3. The van der Waals surface area contributed by atoms with E-state index in [1.165, 1.54) is 11.1 Å². The van der Waals surface area contributed by atoms with Crippen LogP contribution in [-0.4, -0.2) is 35.5 Å². The van der Waals surface area contributed by atoms with Gasteiger partial charge in [-0.15, -0.1) is 0 Å². The first-order valence-electron chi connectivity index (χ1n) is 11.6. The van der Waals surface area contributed by atoms with Gasteiger partial charge in [0.1, 0.15) is 18.1 Å². The Kier molecular flexibility index (Phi) is 8.92. The second-order valence-electron chi connectivity index (χ2n) is 9.77. The van der Waals surface area contributed by atoms with Gasteiger partial charge in [-0.05, 0) is 66.5 Å². The molecule has 0 saturated carbocycles. The van der Waals surface area contributed by atoms with Crippen LogP contribution in [0.3, 0.4) is 0 Å². The van der Waals surface area contributed by atoms with Gasteiger partial charge < -0.3 is 14.6 Å². The highest BCUT2D eigenvalue weighted by molar-refractivity contribution is 5.76. The van der Waals surface area contributed by atoms with Crippen molar-refractivity contribution >= 4 is 5.91 Å². The molecule has 0 fully saturated rings. The molecule has 2 rings (SSSR count). The molecule has 3 N–H and O–H groups in total. The van der Waals surface area contributed by atoms with Crippen molar-refractivity contribution in [1.82, 2.24) is 5.48 Å². The minimum Gasteiger partial charge on any atom is -0.491 e. The first-order chi connectivity index (χ1) is 15.5. The van der Waals surface area contributed by atoms with Crippen LogP contribution in [0.5, 0.6) is 11.5 Å². The van der Waals surface area contributed by atoms with Gasteiger partial charge in [0.15, 0.2) is 6.61 Å². The van der Waals surface area contributed by atoms with E-state index in [2.05, 4.69) is 32.0 Å². The van der Waals surface area contributed by atoms with Crippen LogP contribution in [0.2, 0.25) is 0 Å². The fourth-order valence-electron chi connectivity index (χ4n) is 4.05. The molecule has 0 aliphatic heterocycles. The summed E-state index contributed by atoms with van der Waals surface area (Å²) in [6, 6.07) is 12.3. The lowest BCUT2D eigenvalue weighted by atomic mass is 9.70. The molecular formula is C27H39NO5. The Bertz CT molecular complexity index is 944. The Morgan fingerprint density at radius 1 is 0.939 bits per heavy atom. The first-order valence-corrected chi connectivity index (χ1v) is 11.6. The summed E-state index contributed by atoms with van der Waals surface area (Å²) in [5.41, 5.74) is 5.51. The lowest BCUT2D eigenvalue weighted by Gasteiger charge is -2.34. The molecule has 0 saturated heterocycles. The standard InChI is InChI=1S/C27H39NO5/c1-8-27(9-2,21-11-13-23(19(4)15-21)33-17-25(30)28-31)20-10-12-22(18(3)14-20)32-16-24(29)26(5,6)7/h10-15,24,29,31H,8-9,16-17H2,1-7H3,(H,28,30)/t24-/m1/s1. The summed E-state index contributed by atoms with van der Waals surface area (Å²) in [6.45, 7) is 14.4. The lowest BCUT2D eigenvalue weighted by Crippen LogP contribution is -2.32. The summed E-state index contributed by atoms with van der Waals surface area (Å²) in [5, 5.41) is 19.0. The monoisotopic (exact) mass is 457 g/mol. The normalized spacial score (nSPS) is 12.9. The van der Waals surface area contributed by atoms with Crippen molar-refractivity contribution in [2.24, 2.45) is 5.41 Å². The van der Waals surface area contributed by atoms with Crippen molar-refractivity contribution in [3.63, 3.8) is 0 Å². The van der Waals surface area contributed by atoms with Gasteiger partial charge in [-0.1, -0.05) is 58.9 Å². The average Bonchev–Trinajstić information content (AvgIpc) is 2.78. The number of aryl methyl sites for hydroxylation is 2. The van der Waals surface area contributed by atoms with Crippen LogP contribution in [0, 0.1) is 19.3 Å². The SMILES string of the molecule is CCC(CC)(c1ccc(OCC(=O)NO)c(C)c1)c1ccc(OC[C@@H](O)C(C)(C)C)c(C)c1. The van der Waals surface area contributed by atoms with Crippen LogP contribution in [0.15, 0.2) is 36.4 Å². The maximum atomic E-state index is 11.3. The van der Waals surface area contributed by atoms with Crippen molar-refractivity contribution in [2.75, 3.05) is 13.2 Å². The summed E-state index contributed by atoms with van der Waals surface area (Å²) in [7, 11) is 0. The Morgan fingerprint density at radius 2 is 1.42 bits per heavy atom. The molecule has 0 aromatic heterocycles. The molecule has 0 aliphatic rings. The van der Waals surface area contributed by atoms with Gasteiger partial charge >= 0.3 is 0 Å². The largest absolute Gasteiger partial charge is 0.491 e. The van der Waals surface area contributed by atoms with Crippen molar-refractivity contribution in [3.8, 4) is 11.5 Å². The van der Waals surface area contributed by atoms with Crippen LogP contribution in [0.4, 0.5) is 0 Å². The Balaban J connectivity index is 2.32. The third-order valence-electron chi connectivity index (χ3n) is 6.54. The smallest absolute Gasteiger partial charge is 0.281 e. The van der Waals surface area contributed by atoms with Gasteiger partial charge in [0.25, 0.3) is 5.91 Å². The van der Waals surface area contributed by atoms with Crippen LogP contribution in [-0.2, 0) is 10.2 Å². The summed E-state index contributed by atoms with van der Waals surface area (Å²) in [5.74, 6) is 0.800. The highest BCUT2D eigenvalue weighted by Crippen LogP contribution is 2.41. The number of ether oxygens (including phenoxy) is 2. The van der Waals surface area contributed by atoms with E-state index in [0.717, 1.165) is 29.7 Å².